The largest absolute Gasteiger partial charge is 0.357 e. The van der Waals surface area contributed by atoms with Gasteiger partial charge in [0.05, 0.1) is 6.54 Å². The molecule has 5 heteroatoms. The fourth-order valence-electron chi connectivity index (χ4n) is 1.88. The zero-order valence-electron chi connectivity index (χ0n) is 13.8. The molecule has 2 N–H and O–H groups in total. The minimum absolute atomic E-state index is 0. The van der Waals surface area contributed by atoms with Crippen LogP contribution in [0.15, 0.2) is 29.3 Å². The molecule has 0 bridgehead atoms. The summed E-state index contributed by atoms with van der Waals surface area (Å²) >= 11 is 0. The number of halogens is 1. The van der Waals surface area contributed by atoms with E-state index in [2.05, 4.69) is 79.7 Å². The Morgan fingerprint density at radius 1 is 1.14 bits per heavy atom. The van der Waals surface area contributed by atoms with Gasteiger partial charge in [-0.1, -0.05) is 24.3 Å². The molecule has 0 aliphatic rings. The number of aliphatic imine (C=N–C) groups is 1. The van der Waals surface area contributed by atoms with Gasteiger partial charge < -0.3 is 15.5 Å². The maximum absolute atomic E-state index is 4.60. The van der Waals surface area contributed by atoms with Crippen molar-refractivity contribution in [1.29, 1.82) is 0 Å². The van der Waals surface area contributed by atoms with Crippen molar-refractivity contribution in [1.82, 2.24) is 15.5 Å². The highest BCUT2D eigenvalue weighted by Crippen LogP contribution is 2.07. The molecule has 0 saturated carbocycles. The average molecular weight is 404 g/mol. The molecule has 0 aliphatic heterocycles. The van der Waals surface area contributed by atoms with Crippen LogP contribution >= 0.6 is 24.0 Å². The lowest BCUT2D eigenvalue weighted by molar-refractivity contribution is 0.402. The minimum Gasteiger partial charge on any atom is -0.357 e. The third-order valence-electron chi connectivity index (χ3n) is 2.71. The molecule has 1 aromatic carbocycles. The summed E-state index contributed by atoms with van der Waals surface area (Å²) in [5.74, 6) is 0.875. The van der Waals surface area contributed by atoms with Crippen LogP contribution in [0.4, 0.5) is 0 Å². The topological polar surface area (TPSA) is 39.7 Å². The van der Waals surface area contributed by atoms with Crippen LogP contribution in [0.3, 0.4) is 0 Å². The van der Waals surface area contributed by atoms with E-state index in [1.165, 1.54) is 11.1 Å². The first-order valence-electron chi connectivity index (χ1n) is 7.28. The summed E-state index contributed by atoms with van der Waals surface area (Å²) in [6.07, 6.45) is 0. The normalized spacial score (nSPS) is 11.5. The number of hydrogen-bond acceptors (Lipinski definition) is 2. The summed E-state index contributed by atoms with van der Waals surface area (Å²) < 4.78 is 0. The third kappa shape index (κ3) is 8.93. The summed E-state index contributed by atoms with van der Waals surface area (Å²) in [5.41, 5.74) is 2.56. The molecule has 0 aromatic heterocycles. The highest BCUT2D eigenvalue weighted by Gasteiger charge is 2.00. The number of nitrogens with zero attached hydrogens (tertiary/aromatic N) is 2. The average Bonchev–Trinajstić information content (AvgIpc) is 2.36. The highest BCUT2D eigenvalue weighted by atomic mass is 127. The number of rotatable bonds is 6. The molecule has 21 heavy (non-hydrogen) atoms. The van der Waals surface area contributed by atoms with E-state index in [-0.39, 0.29) is 24.0 Å². The summed E-state index contributed by atoms with van der Waals surface area (Å²) in [6, 6.07) is 9.04. The fourth-order valence-corrected chi connectivity index (χ4v) is 1.88. The van der Waals surface area contributed by atoms with Gasteiger partial charge in [0, 0.05) is 19.1 Å². The predicted molar refractivity (Wildman–Crippen MR) is 102 cm³/mol. The van der Waals surface area contributed by atoms with Gasteiger partial charge in [-0.15, -0.1) is 24.0 Å². The fraction of sp³-hybridized carbons (Fsp3) is 0.562. The van der Waals surface area contributed by atoms with E-state index < -0.39 is 0 Å². The van der Waals surface area contributed by atoms with Gasteiger partial charge in [0.2, 0.25) is 0 Å². The Hall–Kier alpha value is -0.820. The molecule has 4 nitrogen and oxygen atoms in total. The zero-order valence-corrected chi connectivity index (χ0v) is 16.1. The van der Waals surface area contributed by atoms with Crippen LogP contribution in [-0.2, 0) is 13.1 Å². The van der Waals surface area contributed by atoms with Gasteiger partial charge in [-0.25, -0.2) is 4.99 Å². The van der Waals surface area contributed by atoms with Crippen molar-refractivity contribution in [3.05, 3.63) is 35.4 Å². The van der Waals surface area contributed by atoms with Crippen molar-refractivity contribution in [2.45, 2.75) is 39.9 Å². The van der Waals surface area contributed by atoms with E-state index >= 15 is 0 Å². The lowest BCUT2D eigenvalue weighted by Crippen LogP contribution is -2.40. The van der Waals surface area contributed by atoms with E-state index in [1.54, 1.807) is 0 Å². The lowest BCUT2D eigenvalue weighted by atomic mass is 10.1. The van der Waals surface area contributed by atoms with E-state index in [1.807, 2.05) is 0 Å². The first kappa shape index (κ1) is 20.2. The Morgan fingerprint density at radius 2 is 1.71 bits per heavy atom. The molecule has 0 saturated heterocycles. The van der Waals surface area contributed by atoms with Crippen molar-refractivity contribution in [3.63, 3.8) is 0 Å². The van der Waals surface area contributed by atoms with Gasteiger partial charge in [-0.3, -0.25) is 0 Å². The zero-order chi connectivity index (χ0) is 15.0. The summed E-state index contributed by atoms with van der Waals surface area (Å²) in [6.45, 7) is 8.85. The van der Waals surface area contributed by atoms with E-state index in [9.17, 15) is 0 Å². The van der Waals surface area contributed by atoms with Crippen molar-refractivity contribution in [2.75, 3.05) is 20.6 Å². The Labute approximate surface area is 146 Å². The van der Waals surface area contributed by atoms with Crippen molar-refractivity contribution >= 4 is 29.9 Å². The first-order chi connectivity index (χ1) is 9.51. The molecule has 0 heterocycles. The molecular formula is C16H29IN4. The molecule has 0 fully saturated rings. The molecule has 0 unspecified atom stereocenters. The van der Waals surface area contributed by atoms with E-state index in [4.69, 9.17) is 0 Å². The first-order valence-corrected chi connectivity index (χ1v) is 7.28. The molecule has 0 aliphatic carbocycles. The van der Waals surface area contributed by atoms with Gasteiger partial charge in [0.25, 0.3) is 0 Å². The molecular weight excluding hydrogens is 375 g/mol. The van der Waals surface area contributed by atoms with Crippen LogP contribution in [0.1, 0.15) is 31.9 Å². The summed E-state index contributed by atoms with van der Waals surface area (Å²) in [5, 5.41) is 6.57. The SMILES string of the molecule is CCNC(=NCc1ccc(CN(C)C)cc1)NC(C)C.I. The highest BCUT2D eigenvalue weighted by molar-refractivity contribution is 14.0. The van der Waals surface area contributed by atoms with Gasteiger partial charge in [0.1, 0.15) is 0 Å². The summed E-state index contributed by atoms with van der Waals surface area (Å²) in [4.78, 5) is 6.77. The van der Waals surface area contributed by atoms with E-state index in [0.717, 1.165) is 19.0 Å². The third-order valence-corrected chi connectivity index (χ3v) is 2.71. The minimum atomic E-state index is 0. The molecule has 120 valence electrons. The Balaban J connectivity index is 0.00000400. The predicted octanol–water partition coefficient (Wildman–Crippen LogP) is 2.83. The van der Waals surface area contributed by atoms with Crippen LogP contribution in [0, 0.1) is 0 Å². The number of hydrogen-bond donors (Lipinski definition) is 2. The van der Waals surface area contributed by atoms with Gasteiger partial charge in [-0.2, -0.15) is 0 Å². The monoisotopic (exact) mass is 404 g/mol. The Bertz CT molecular complexity index is 413. The van der Waals surface area contributed by atoms with Crippen molar-refractivity contribution in [2.24, 2.45) is 4.99 Å². The smallest absolute Gasteiger partial charge is 0.191 e. The Morgan fingerprint density at radius 3 is 2.19 bits per heavy atom. The molecule has 1 rings (SSSR count). The van der Waals surface area contributed by atoms with Gasteiger partial charge in [0.15, 0.2) is 5.96 Å². The number of benzene rings is 1. The van der Waals surface area contributed by atoms with Crippen molar-refractivity contribution in [3.8, 4) is 0 Å². The second kappa shape index (κ2) is 10.8. The molecule has 0 amide bonds. The number of guanidine groups is 1. The summed E-state index contributed by atoms with van der Waals surface area (Å²) in [7, 11) is 4.16. The molecule has 0 radical (unpaired) electrons. The molecule has 1 aromatic rings. The van der Waals surface area contributed by atoms with Gasteiger partial charge >= 0.3 is 0 Å². The van der Waals surface area contributed by atoms with Crippen LogP contribution in [-0.4, -0.2) is 37.5 Å². The van der Waals surface area contributed by atoms with Gasteiger partial charge in [-0.05, 0) is 46.0 Å². The maximum atomic E-state index is 4.60. The van der Waals surface area contributed by atoms with Crippen molar-refractivity contribution < 1.29 is 0 Å². The second-order valence-electron chi connectivity index (χ2n) is 5.55. The molecule has 0 atom stereocenters. The quantitative estimate of drug-likeness (QED) is 0.435. The van der Waals surface area contributed by atoms with Crippen LogP contribution in [0.25, 0.3) is 0 Å². The molecule has 0 spiro atoms. The van der Waals surface area contributed by atoms with E-state index in [0.29, 0.717) is 12.6 Å². The second-order valence-corrected chi connectivity index (χ2v) is 5.55. The maximum Gasteiger partial charge on any atom is 0.191 e. The van der Waals surface area contributed by atoms with Crippen LogP contribution in [0.5, 0.6) is 0 Å². The Kier molecular flexibility index (Phi) is 10.4. The number of nitrogens with one attached hydrogen (secondary N) is 2. The lowest BCUT2D eigenvalue weighted by Gasteiger charge is -2.14. The van der Waals surface area contributed by atoms with Crippen LogP contribution < -0.4 is 10.6 Å². The van der Waals surface area contributed by atoms with Crippen LogP contribution in [0.2, 0.25) is 0 Å². The standard InChI is InChI=1S/C16H28N4.HI/c1-6-17-16(19-13(2)3)18-11-14-7-9-15(10-8-14)12-20(4)5;/h7-10,13H,6,11-12H2,1-5H3,(H2,17,18,19);1H.